The second-order valence-corrected chi connectivity index (χ2v) is 8.62. The van der Waals surface area contributed by atoms with Crippen LogP contribution >= 0.6 is 11.6 Å². The Bertz CT molecular complexity index is 833. The van der Waals surface area contributed by atoms with Crippen LogP contribution in [0, 0.1) is 6.92 Å². The van der Waals surface area contributed by atoms with E-state index in [2.05, 4.69) is 17.9 Å². The highest BCUT2D eigenvalue weighted by molar-refractivity contribution is 6.30. The molecule has 162 valence electrons. The first kappa shape index (κ1) is 22.6. The van der Waals surface area contributed by atoms with Crippen LogP contribution in [0.25, 0.3) is 0 Å². The number of hydrogen-bond acceptors (Lipinski definition) is 4. The van der Waals surface area contributed by atoms with Crippen molar-refractivity contribution in [1.29, 1.82) is 0 Å². The summed E-state index contributed by atoms with van der Waals surface area (Å²) in [6, 6.07) is 13.8. The molecule has 1 heterocycles. The van der Waals surface area contributed by atoms with Gasteiger partial charge in [0.05, 0.1) is 26.2 Å². The van der Waals surface area contributed by atoms with Crippen LogP contribution in [0.5, 0.6) is 5.75 Å². The Hall–Kier alpha value is -2.08. The van der Waals surface area contributed by atoms with Crippen LogP contribution in [-0.4, -0.2) is 56.3 Å². The lowest BCUT2D eigenvalue weighted by Crippen LogP contribution is -3.16. The van der Waals surface area contributed by atoms with Crippen molar-refractivity contribution in [3.63, 3.8) is 0 Å². The molecule has 2 aromatic carbocycles. The number of aliphatic hydroxyl groups is 1. The van der Waals surface area contributed by atoms with Crippen molar-refractivity contribution in [1.82, 2.24) is 0 Å². The lowest BCUT2D eigenvalue weighted by atomic mass is 10.1. The van der Waals surface area contributed by atoms with Crippen LogP contribution in [-0.2, 0) is 11.2 Å². The van der Waals surface area contributed by atoms with Crippen molar-refractivity contribution in [3.05, 3.63) is 58.6 Å². The van der Waals surface area contributed by atoms with Crippen molar-refractivity contribution < 1.29 is 19.5 Å². The van der Waals surface area contributed by atoms with Gasteiger partial charge in [-0.1, -0.05) is 29.8 Å². The number of Topliss-reactive ketones (excluding diaryl/α,β-unsaturated/α-hetero) is 1. The molecule has 2 N–H and O–H groups in total. The normalized spacial score (nSPS) is 15.8. The second-order valence-electron chi connectivity index (χ2n) is 8.18. The Morgan fingerprint density at radius 2 is 1.90 bits per heavy atom. The van der Waals surface area contributed by atoms with E-state index in [1.807, 2.05) is 36.4 Å². The van der Waals surface area contributed by atoms with E-state index in [9.17, 15) is 9.90 Å². The maximum atomic E-state index is 11.1. The minimum atomic E-state index is -0.503. The number of aliphatic hydroxyl groups excluding tert-OH is 1. The van der Waals surface area contributed by atoms with Crippen LogP contribution in [0.15, 0.2) is 42.5 Å². The number of hydrogen-bond donors (Lipinski definition) is 2. The summed E-state index contributed by atoms with van der Waals surface area (Å²) in [7, 11) is 0. The first-order valence-electron chi connectivity index (χ1n) is 10.6. The highest BCUT2D eigenvalue weighted by atomic mass is 35.5. The number of nitrogens with zero attached hydrogens (tertiary/aromatic N) is 1. The van der Waals surface area contributed by atoms with Gasteiger partial charge in [0.25, 0.3) is 0 Å². The number of ether oxygens (including phenoxy) is 1. The standard InChI is InChI=1S/C24H31ClN2O3/c1-18-3-8-21(25)15-24(18)27-13-11-26(12-14-27)16-22(29)17-30-23-9-6-20(7-10-23)5-4-19(2)28/h3,6-10,15,22,29H,4-5,11-14,16-17H2,1-2H3/p+1/t22-/m0/s1. The molecule has 1 saturated heterocycles. The molecular formula is C24H32ClN2O3+. The molecule has 5 nitrogen and oxygen atoms in total. The van der Waals surface area contributed by atoms with Crippen LogP contribution in [0.1, 0.15) is 24.5 Å². The van der Waals surface area contributed by atoms with E-state index in [4.69, 9.17) is 16.3 Å². The molecule has 30 heavy (non-hydrogen) atoms. The van der Waals surface area contributed by atoms with Gasteiger partial charge in [-0.3, -0.25) is 0 Å². The topological polar surface area (TPSA) is 54.2 Å². The zero-order chi connectivity index (χ0) is 21.5. The average molecular weight is 432 g/mol. The fraction of sp³-hybridized carbons (Fsp3) is 0.458. The first-order valence-corrected chi connectivity index (χ1v) is 11.0. The number of quaternary nitrogens is 1. The number of carbonyl (C=O) groups excluding carboxylic acids is 1. The van der Waals surface area contributed by atoms with E-state index < -0.39 is 6.10 Å². The van der Waals surface area contributed by atoms with E-state index >= 15 is 0 Å². The predicted octanol–water partition coefficient (Wildman–Crippen LogP) is 2.31. The molecule has 0 bridgehead atoms. The van der Waals surface area contributed by atoms with Gasteiger partial charge < -0.3 is 24.4 Å². The third kappa shape index (κ3) is 6.73. The van der Waals surface area contributed by atoms with E-state index in [0.717, 1.165) is 48.9 Å². The van der Waals surface area contributed by atoms with E-state index in [-0.39, 0.29) is 12.4 Å². The average Bonchev–Trinajstić information content (AvgIpc) is 2.74. The third-order valence-electron chi connectivity index (χ3n) is 5.64. The van der Waals surface area contributed by atoms with Gasteiger partial charge in [0.2, 0.25) is 0 Å². The summed E-state index contributed by atoms with van der Waals surface area (Å²) in [6.45, 7) is 8.55. The van der Waals surface area contributed by atoms with Gasteiger partial charge in [-0.2, -0.15) is 0 Å². The number of rotatable bonds is 9. The molecule has 1 aliphatic heterocycles. The molecule has 0 unspecified atom stereocenters. The minimum Gasteiger partial charge on any atom is -0.491 e. The number of halogens is 1. The SMILES string of the molecule is CC(=O)CCc1ccc(OC[C@@H](O)C[NH+]2CCN(c3cc(Cl)ccc3C)CC2)cc1. The first-order chi connectivity index (χ1) is 14.4. The number of ketones is 1. The highest BCUT2D eigenvalue weighted by Gasteiger charge is 2.23. The molecule has 0 saturated carbocycles. The van der Waals surface area contributed by atoms with Crippen molar-refractivity contribution in [3.8, 4) is 5.75 Å². The van der Waals surface area contributed by atoms with Crippen molar-refractivity contribution in [2.24, 2.45) is 0 Å². The summed E-state index contributed by atoms with van der Waals surface area (Å²) < 4.78 is 5.75. The maximum Gasteiger partial charge on any atom is 0.137 e. The summed E-state index contributed by atoms with van der Waals surface area (Å²) in [5, 5.41) is 11.2. The minimum absolute atomic E-state index is 0.199. The van der Waals surface area contributed by atoms with Gasteiger partial charge in [-0.05, 0) is 55.7 Å². The van der Waals surface area contributed by atoms with Crippen molar-refractivity contribution in [2.45, 2.75) is 32.8 Å². The molecule has 2 aromatic rings. The molecular weight excluding hydrogens is 400 g/mol. The Balaban J connectivity index is 1.40. The number of benzene rings is 2. The molecule has 0 radical (unpaired) electrons. The summed E-state index contributed by atoms with van der Waals surface area (Å²) in [5.74, 6) is 0.946. The highest BCUT2D eigenvalue weighted by Crippen LogP contribution is 2.24. The quantitative estimate of drug-likeness (QED) is 0.639. The van der Waals surface area contributed by atoms with Gasteiger partial charge >= 0.3 is 0 Å². The Labute approximate surface area is 184 Å². The van der Waals surface area contributed by atoms with Gasteiger partial charge in [0.15, 0.2) is 0 Å². The summed E-state index contributed by atoms with van der Waals surface area (Å²) in [4.78, 5) is 14.8. The Kier molecular flexibility index (Phi) is 8.14. The van der Waals surface area contributed by atoms with Crippen LogP contribution in [0.4, 0.5) is 5.69 Å². The monoisotopic (exact) mass is 431 g/mol. The number of anilines is 1. The third-order valence-corrected chi connectivity index (χ3v) is 5.87. The van der Waals surface area contributed by atoms with Crippen LogP contribution < -0.4 is 14.5 Å². The lowest BCUT2D eigenvalue weighted by Gasteiger charge is -2.35. The van der Waals surface area contributed by atoms with E-state index in [1.165, 1.54) is 16.2 Å². The zero-order valence-corrected chi connectivity index (χ0v) is 18.6. The molecule has 0 amide bonds. The van der Waals surface area contributed by atoms with Gasteiger partial charge in [0.1, 0.15) is 30.8 Å². The van der Waals surface area contributed by atoms with Crippen LogP contribution in [0.3, 0.4) is 0 Å². The predicted molar refractivity (Wildman–Crippen MR) is 121 cm³/mol. The number of nitrogens with one attached hydrogen (secondary N) is 1. The largest absolute Gasteiger partial charge is 0.491 e. The summed E-state index contributed by atoms with van der Waals surface area (Å²) in [6.07, 6.45) is 0.811. The van der Waals surface area contributed by atoms with Crippen molar-refractivity contribution >= 4 is 23.1 Å². The molecule has 6 heteroatoms. The fourth-order valence-electron chi connectivity index (χ4n) is 3.85. The van der Waals surface area contributed by atoms with E-state index in [0.29, 0.717) is 13.0 Å². The smallest absolute Gasteiger partial charge is 0.137 e. The summed E-state index contributed by atoms with van der Waals surface area (Å²) >= 11 is 6.16. The second kappa shape index (κ2) is 10.8. The number of aryl methyl sites for hydroxylation is 2. The molecule has 3 rings (SSSR count). The molecule has 1 fully saturated rings. The molecule has 1 atom stereocenters. The van der Waals surface area contributed by atoms with Crippen LogP contribution in [0.2, 0.25) is 5.02 Å². The molecule has 0 aromatic heterocycles. The van der Waals surface area contributed by atoms with Gasteiger partial charge in [-0.15, -0.1) is 0 Å². The Morgan fingerprint density at radius 3 is 2.57 bits per heavy atom. The maximum absolute atomic E-state index is 11.1. The molecule has 0 spiro atoms. The zero-order valence-electron chi connectivity index (χ0n) is 17.9. The van der Waals surface area contributed by atoms with Gasteiger partial charge in [0, 0.05) is 17.1 Å². The van der Waals surface area contributed by atoms with Gasteiger partial charge in [-0.25, -0.2) is 0 Å². The fourth-order valence-corrected chi connectivity index (χ4v) is 4.01. The molecule has 1 aliphatic rings. The summed E-state index contributed by atoms with van der Waals surface area (Å²) in [5.41, 5.74) is 3.57. The van der Waals surface area contributed by atoms with E-state index in [1.54, 1.807) is 6.92 Å². The molecule has 0 aliphatic carbocycles. The number of carbonyl (C=O) groups is 1. The lowest BCUT2D eigenvalue weighted by molar-refractivity contribution is -0.903. The number of piperazine rings is 1. The van der Waals surface area contributed by atoms with Crippen molar-refractivity contribution in [2.75, 3.05) is 44.2 Å². The Morgan fingerprint density at radius 1 is 1.20 bits per heavy atom.